The Labute approximate surface area is 56.2 Å². The third-order valence-electron chi connectivity index (χ3n) is 2.52. The van der Waals surface area contributed by atoms with Crippen LogP contribution in [0, 0.1) is 5.92 Å². The number of hydrogen-bond acceptors (Lipinski definition) is 2. The van der Waals surface area contributed by atoms with Gasteiger partial charge in [0.15, 0.2) is 0 Å². The van der Waals surface area contributed by atoms with Gasteiger partial charge < -0.3 is 10.2 Å². The minimum absolute atomic E-state index is 0.876. The molecule has 1 N–H and O–H groups in total. The van der Waals surface area contributed by atoms with E-state index in [0.29, 0.717) is 0 Å². The highest BCUT2D eigenvalue weighted by atomic mass is 15.2. The highest BCUT2D eigenvalue weighted by molar-refractivity contribution is 4.92. The first-order chi connectivity index (χ1) is 4.36. The van der Waals surface area contributed by atoms with E-state index in [1.165, 1.54) is 26.1 Å². The molecule has 0 spiro atoms. The van der Waals surface area contributed by atoms with Crippen molar-refractivity contribution in [3.8, 4) is 0 Å². The summed E-state index contributed by atoms with van der Waals surface area (Å²) < 4.78 is 0. The van der Waals surface area contributed by atoms with E-state index in [-0.39, 0.29) is 0 Å². The van der Waals surface area contributed by atoms with Gasteiger partial charge >= 0.3 is 0 Å². The first-order valence-corrected chi connectivity index (χ1v) is 3.78. The van der Waals surface area contributed by atoms with Crippen molar-refractivity contribution < 1.29 is 0 Å². The lowest BCUT2D eigenvalue weighted by Crippen LogP contribution is -2.59. The van der Waals surface area contributed by atoms with Crippen LogP contribution in [0.25, 0.3) is 0 Å². The molecular weight excluding hydrogens is 112 g/mol. The Morgan fingerprint density at radius 2 is 2.11 bits per heavy atom. The molecule has 0 radical (unpaired) electrons. The molecular formula is C7H14N2. The van der Waals surface area contributed by atoms with Gasteiger partial charge in [-0.25, -0.2) is 0 Å². The molecule has 2 heteroatoms. The Kier molecular flexibility index (Phi) is 1.24. The van der Waals surface area contributed by atoms with Crippen molar-refractivity contribution in [2.75, 3.05) is 26.7 Å². The molecule has 2 heterocycles. The van der Waals surface area contributed by atoms with Crippen molar-refractivity contribution in [1.82, 2.24) is 10.2 Å². The summed E-state index contributed by atoms with van der Waals surface area (Å²) in [6, 6.07) is 0.876. The van der Waals surface area contributed by atoms with Gasteiger partial charge in [-0.1, -0.05) is 0 Å². The summed E-state index contributed by atoms with van der Waals surface area (Å²) in [5, 5.41) is 3.44. The molecule has 0 aliphatic carbocycles. The van der Waals surface area contributed by atoms with E-state index >= 15 is 0 Å². The fourth-order valence-electron chi connectivity index (χ4n) is 1.72. The average Bonchev–Trinajstić information content (AvgIpc) is 1.57. The molecule has 0 bridgehead atoms. The molecule has 0 saturated carbocycles. The van der Waals surface area contributed by atoms with E-state index in [0.717, 1.165) is 12.0 Å². The van der Waals surface area contributed by atoms with Crippen molar-refractivity contribution in [3.63, 3.8) is 0 Å². The zero-order valence-electron chi connectivity index (χ0n) is 5.93. The van der Waals surface area contributed by atoms with Gasteiger partial charge in [0.05, 0.1) is 0 Å². The van der Waals surface area contributed by atoms with Crippen molar-refractivity contribution in [2.24, 2.45) is 5.92 Å². The molecule has 0 aromatic carbocycles. The second kappa shape index (κ2) is 1.96. The van der Waals surface area contributed by atoms with Gasteiger partial charge in [0.25, 0.3) is 0 Å². The third-order valence-corrected chi connectivity index (χ3v) is 2.52. The molecule has 1 atom stereocenters. The van der Waals surface area contributed by atoms with Crippen molar-refractivity contribution in [2.45, 2.75) is 12.5 Å². The largest absolute Gasteiger partial charge is 0.313 e. The lowest BCUT2D eigenvalue weighted by Gasteiger charge is -2.45. The van der Waals surface area contributed by atoms with Gasteiger partial charge in [-0.3, -0.25) is 0 Å². The van der Waals surface area contributed by atoms with Crippen LogP contribution < -0.4 is 5.32 Å². The molecule has 2 saturated heterocycles. The van der Waals surface area contributed by atoms with Crippen molar-refractivity contribution in [3.05, 3.63) is 0 Å². The smallest absolute Gasteiger partial charge is 0.0132 e. The summed E-state index contributed by atoms with van der Waals surface area (Å²) in [6.07, 6.45) is 1.42. The Hall–Kier alpha value is -0.0800. The summed E-state index contributed by atoms with van der Waals surface area (Å²) in [6.45, 7) is 3.89. The van der Waals surface area contributed by atoms with E-state index in [1.807, 2.05) is 0 Å². The van der Waals surface area contributed by atoms with Gasteiger partial charge in [0, 0.05) is 19.1 Å². The molecule has 2 aliphatic rings. The fourth-order valence-corrected chi connectivity index (χ4v) is 1.72. The lowest BCUT2D eigenvalue weighted by atomic mass is 9.86. The van der Waals surface area contributed by atoms with E-state index in [9.17, 15) is 0 Å². The maximum absolute atomic E-state index is 3.44. The second-order valence-corrected chi connectivity index (χ2v) is 3.33. The van der Waals surface area contributed by atoms with Crippen molar-refractivity contribution in [1.29, 1.82) is 0 Å². The zero-order valence-corrected chi connectivity index (χ0v) is 5.93. The number of rotatable bonds is 1. The minimum Gasteiger partial charge on any atom is -0.313 e. The van der Waals surface area contributed by atoms with Gasteiger partial charge in [0.2, 0.25) is 0 Å². The zero-order chi connectivity index (χ0) is 6.27. The van der Waals surface area contributed by atoms with Crippen LogP contribution in [0.15, 0.2) is 0 Å². The highest BCUT2D eigenvalue weighted by Gasteiger charge is 2.33. The van der Waals surface area contributed by atoms with Crippen LogP contribution in [0.2, 0.25) is 0 Å². The topological polar surface area (TPSA) is 15.3 Å². The summed E-state index contributed by atoms with van der Waals surface area (Å²) in [5.41, 5.74) is 0. The quantitative estimate of drug-likeness (QED) is 0.528. The Morgan fingerprint density at radius 3 is 2.44 bits per heavy atom. The molecule has 0 amide bonds. The molecule has 2 fully saturated rings. The van der Waals surface area contributed by atoms with E-state index in [4.69, 9.17) is 0 Å². The van der Waals surface area contributed by atoms with E-state index in [1.54, 1.807) is 0 Å². The fraction of sp³-hybridized carbons (Fsp3) is 1.00. The monoisotopic (exact) mass is 126 g/mol. The van der Waals surface area contributed by atoms with Crippen LogP contribution in [0.3, 0.4) is 0 Å². The van der Waals surface area contributed by atoms with E-state index < -0.39 is 0 Å². The SMILES string of the molecule is CN1CC(C2CCN2)C1. The maximum atomic E-state index is 3.44. The predicted molar refractivity (Wildman–Crippen MR) is 37.4 cm³/mol. The maximum Gasteiger partial charge on any atom is 0.0132 e. The number of nitrogens with zero attached hydrogens (tertiary/aromatic N) is 1. The first-order valence-electron chi connectivity index (χ1n) is 3.78. The van der Waals surface area contributed by atoms with Crippen LogP contribution in [0.5, 0.6) is 0 Å². The molecule has 9 heavy (non-hydrogen) atoms. The second-order valence-electron chi connectivity index (χ2n) is 3.33. The van der Waals surface area contributed by atoms with Crippen LogP contribution in [0.4, 0.5) is 0 Å². The summed E-state index contributed by atoms with van der Waals surface area (Å²) in [5.74, 6) is 0.976. The summed E-state index contributed by atoms with van der Waals surface area (Å²) in [7, 11) is 2.19. The molecule has 0 aromatic heterocycles. The van der Waals surface area contributed by atoms with Gasteiger partial charge in [-0.2, -0.15) is 0 Å². The van der Waals surface area contributed by atoms with Gasteiger partial charge in [0.1, 0.15) is 0 Å². The molecule has 0 aromatic rings. The molecule has 2 aliphatic heterocycles. The molecule has 52 valence electrons. The lowest BCUT2D eigenvalue weighted by molar-refractivity contribution is 0.0745. The molecule has 2 nitrogen and oxygen atoms in total. The average molecular weight is 126 g/mol. The van der Waals surface area contributed by atoms with Gasteiger partial charge in [-0.15, -0.1) is 0 Å². The van der Waals surface area contributed by atoms with E-state index in [2.05, 4.69) is 17.3 Å². The van der Waals surface area contributed by atoms with Crippen LogP contribution in [-0.4, -0.2) is 37.6 Å². The van der Waals surface area contributed by atoms with Crippen LogP contribution in [-0.2, 0) is 0 Å². The molecule has 2 rings (SSSR count). The van der Waals surface area contributed by atoms with Crippen LogP contribution >= 0.6 is 0 Å². The Bertz CT molecular complexity index is 103. The summed E-state index contributed by atoms with van der Waals surface area (Å²) >= 11 is 0. The number of hydrogen-bond donors (Lipinski definition) is 1. The highest BCUT2D eigenvalue weighted by Crippen LogP contribution is 2.22. The summed E-state index contributed by atoms with van der Waals surface area (Å²) in [4.78, 5) is 2.38. The Morgan fingerprint density at radius 1 is 1.44 bits per heavy atom. The minimum atomic E-state index is 0.876. The number of likely N-dealkylation sites (tertiary alicyclic amines) is 1. The standard InChI is InChI=1S/C7H14N2/c1-9-4-6(5-9)7-2-3-8-7/h6-8H,2-5H2,1H3. The number of nitrogens with one attached hydrogen (secondary N) is 1. The third kappa shape index (κ3) is 0.864. The van der Waals surface area contributed by atoms with Crippen LogP contribution in [0.1, 0.15) is 6.42 Å². The predicted octanol–water partition coefficient (Wildman–Crippen LogP) is -0.0901. The Balaban J connectivity index is 1.75. The van der Waals surface area contributed by atoms with Crippen molar-refractivity contribution >= 4 is 0 Å². The first kappa shape index (κ1) is 5.69. The normalized spacial score (nSPS) is 37.7. The molecule has 1 unspecified atom stereocenters. The van der Waals surface area contributed by atoms with Gasteiger partial charge in [-0.05, 0) is 25.9 Å².